The fourth-order valence-corrected chi connectivity index (χ4v) is 2.56. The molecule has 0 radical (unpaired) electrons. The molecule has 0 bridgehead atoms. The zero-order chi connectivity index (χ0) is 17.1. The minimum absolute atomic E-state index is 0.254. The van der Waals surface area contributed by atoms with E-state index in [-0.39, 0.29) is 11.7 Å². The second-order valence-corrected chi connectivity index (χ2v) is 5.96. The summed E-state index contributed by atoms with van der Waals surface area (Å²) < 4.78 is 5.85. The highest BCUT2D eigenvalue weighted by atomic mass is 35.5. The lowest BCUT2D eigenvalue weighted by Gasteiger charge is -2.18. The lowest BCUT2D eigenvalue weighted by Crippen LogP contribution is -2.25. The van der Waals surface area contributed by atoms with Crippen LogP contribution in [-0.2, 0) is 0 Å². The lowest BCUT2D eigenvalue weighted by molar-refractivity contribution is 0.304. The van der Waals surface area contributed by atoms with Crippen LogP contribution in [0.5, 0.6) is 11.6 Å². The molecule has 0 spiro atoms. The highest BCUT2D eigenvalue weighted by Gasteiger charge is 2.22. The van der Waals surface area contributed by atoms with Crippen molar-refractivity contribution in [2.24, 2.45) is 10.3 Å². The molecule has 1 aromatic carbocycles. The summed E-state index contributed by atoms with van der Waals surface area (Å²) in [5, 5.41) is 19.4. The second-order valence-electron chi connectivity index (χ2n) is 5.12. The standard InChI is InChI=1S/C16H14Cl2N4O2/c1-10-3-5-12(15(21-23)22-8-2-7-19-22)16(20-10)24-14-9-11(17)4-6-13(14)18/h3-7,9,23H,2,8H2,1H3/b21-15-. The Hall–Kier alpha value is -2.31. The molecule has 1 aliphatic heterocycles. The van der Waals surface area contributed by atoms with Crippen LogP contribution in [0, 0.1) is 6.92 Å². The number of aryl methyl sites for hydroxylation is 1. The van der Waals surface area contributed by atoms with Crippen LogP contribution in [-0.4, -0.2) is 33.8 Å². The number of hydrazone groups is 1. The molecule has 1 aliphatic rings. The van der Waals surface area contributed by atoms with Crippen molar-refractivity contribution in [2.45, 2.75) is 13.3 Å². The molecule has 1 N–H and O–H groups in total. The summed E-state index contributed by atoms with van der Waals surface area (Å²) in [6, 6.07) is 8.47. The van der Waals surface area contributed by atoms with Gasteiger partial charge in [-0.2, -0.15) is 5.10 Å². The first-order valence-corrected chi connectivity index (χ1v) is 7.97. The van der Waals surface area contributed by atoms with E-state index in [1.165, 1.54) is 0 Å². The average molecular weight is 365 g/mol. The fraction of sp³-hybridized carbons (Fsp3) is 0.188. The number of ether oxygens (including phenoxy) is 1. The molecule has 24 heavy (non-hydrogen) atoms. The van der Waals surface area contributed by atoms with Crippen LogP contribution in [0.4, 0.5) is 0 Å². The summed E-state index contributed by atoms with van der Waals surface area (Å²) in [7, 11) is 0. The number of aromatic nitrogens is 1. The van der Waals surface area contributed by atoms with Gasteiger partial charge in [0.1, 0.15) is 5.75 Å². The maximum Gasteiger partial charge on any atom is 0.230 e. The van der Waals surface area contributed by atoms with E-state index in [2.05, 4.69) is 15.2 Å². The van der Waals surface area contributed by atoms with Crippen LogP contribution < -0.4 is 4.74 Å². The van der Waals surface area contributed by atoms with Crippen molar-refractivity contribution in [1.29, 1.82) is 0 Å². The molecule has 0 unspecified atom stereocenters. The van der Waals surface area contributed by atoms with E-state index in [1.54, 1.807) is 41.6 Å². The predicted octanol–water partition coefficient (Wildman–Crippen LogP) is 4.32. The Morgan fingerprint density at radius 3 is 2.83 bits per heavy atom. The minimum Gasteiger partial charge on any atom is -0.437 e. The van der Waals surface area contributed by atoms with Crippen molar-refractivity contribution in [3.8, 4) is 11.6 Å². The summed E-state index contributed by atoms with van der Waals surface area (Å²) in [6.45, 7) is 2.45. The van der Waals surface area contributed by atoms with Crippen LogP contribution in [0.15, 0.2) is 40.6 Å². The van der Waals surface area contributed by atoms with E-state index in [4.69, 9.17) is 27.9 Å². The van der Waals surface area contributed by atoms with Gasteiger partial charge >= 0.3 is 0 Å². The molecule has 1 aromatic heterocycles. The quantitative estimate of drug-likeness (QED) is 0.381. The zero-order valence-corrected chi connectivity index (χ0v) is 14.3. The Kier molecular flexibility index (Phi) is 4.87. The Labute approximate surface area is 149 Å². The van der Waals surface area contributed by atoms with Gasteiger partial charge in [0.2, 0.25) is 11.7 Å². The van der Waals surface area contributed by atoms with Gasteiger partial charge in [-0.1, -0.05) is 28.4 Å². The van der Waals surface area contributed by atoms with Gasteiger partial charge < -0.3 is 9.94 Å². The molecule has 2 aromatic rings. The minimum atomic E-state index is 0.254. The number of hydrogen-bond donors (Lipinski definition) is 1. The predicted molar refractivity (Wildman–Crippen MR) is 93.6 cm³/mol. The molecule has 3 rings (SSSR count). The third-order valence-electron chi connectivity index (χ3n) is 3.37. The number of rotatable bonds is 3. The van der Waals surface area contributed by atoms with Crippen LogP contribution >= 0.6 is 23.2 Å². The lowest BCUT2D eigenvalue weighted by atomic mass is 10.2. The van der Waals surface area contributed by atoms with E-state index in [9.17, 15) is 5.21 Å². The van der Waals surface area contributed by atoms with Crippen molar-refractivity contribution in [2.75, 3.05) is 6.54 Å². The Bertz CT molecular complexity index is 824. The van der Waals surface area contributed by atoms with Crippen molar-refractivity contribution < 1.29 is 9.94 Å². The number of oxime groups is 1. The number of amidine groups is 1. The molecular weight excluding hydrogens is 351 g/mol. The molecular formula is C16H14Cl2N4O2. The zero-order valence-electron chi connectivity index (χ0n) is 12.8. The van der Waals surface area contributed by atoms with Gasteiger partial charge in [0.25, 0.3) is 0 Å². The van der Waals surface area contributed by atoms with Gasteiger partial charge in [-0.05, 0) is 31.2 Å². The number of pyridine rings is 1. The van der Waals surface area contributed by atoms with Crippen molar-refractivity contribution in [3.63, 3.8) is 0 Å². The van der Waals surface area contributed by atoms with E-state index >= 15 is 0 Å². The monoisotopic (exact) mass is 364 g/mol. The third kappa shape index (κ3) is 3.44. The Balaban J connectivity index is 2.02. The summed E-state index contributed by atoms with van der Waals surface area (Å²) in [4.78, 5) is 4.39. The number of hydrogen-bond acceptors (Lipinski definition) is 5. The average Bonchev–Trinajstić information content (AvgIpc) is 3.08. The smallest absolute Gasteiger partial charge is 0.230 e. The maximum absolute atomic E-state index is 9.44. The fourth-order valence-electron chi connectivity index (χ4n) is 2.24. The molecule has 2 heterocycles. The summed E-state index contributed by atoms with van der Waals surface area (Å²) in [5.41, 5.74) is 1.24. The summed E-state index contributed by atoms with van der Waals surface area (Å²) in [5.74, 6) is 0.879. The molecule has 0 atom stereocenters. The van der Waals surface area contributed by atoms with E-state index in [1.807, 2.05) is 6.92 Å². The number of benzene rings is 1. The first-order valence-electron chi connectivity index (χ1n) is 7.21. The largest absolute Gasteiger partial charge is 0.437 e. The van der Waals surface area contributed by atoms with Gasteiger partial charge in [0.05, 0.1) is 10.6 Å². The van der Waals surface area contributed by atoms with Gasteiger partial charge in [0.15, 0.2) is 0 Å². The molecule has 124 valence electrons. The molecule has 0 saturated heterocycles. The van der Waals surface area contributed by atoms with E-state index in [0.29, 0.717) is 27.9 Å². The van der Waals surface area contributed by atoms with Crippen LogP contribution in [0.2, 0.25) is 10.0 Å². The summed E-state index contributed by atoms with van der Waals surface area (Å²) in [6.07, 6.45) is 2.52. The van der Waals surface area contributed by atoms with Gasteiger partial charge in [-0.15, -0.1) is 0 Å². The van der Waals surface area contributed by atoms with Crippen LogP contribution in [0.3, 0.4) is 0 Å². The van der Waals surface area contributed by atoms with Crippen LogP contribution in [0.1, 0.15) is 17.7 Å². The van der Waals surface area contributed by atoms with E-state index < -0.39 is 0 Å². The maximum atomic E-state index is 9.44. The van der Waals surface area contributed by atoms with Crippen molar-refractivity contribution in [3.05, 3.63) is 51.6 Å². The van der Waals surface area contributed by atoms with Gasteiger partial charge in [-0.3, -0.25) is 0 Å². The third-order valence-corrected chi connectivity index (χ3v) is 3.92. The molecule has 0 saturated carbocycles. The normalized spacial score (nSPS) is 14.3. The molecule has 0 fully saturated rings. The topological polar surface area (TPSA) is 70.3 Å². The molecule has 8 heteroatoms. The Morgan fingerprint density at radius 1 is 1.29 bits per heavy atom. The van der Waals surface area contributed by atoms with E-state index in [0.717, 1.165) is 12.1 Å². The van der Waals surface area contributed by atoms with Crippen molar-refractivity contribution >= 4 is 35.3 Å². The molecule has 0 amide bonds. The highest BCUT2D eigenvalue weighted by Crippen LogP contribution is 2.33. The van der Waals surface area contributed by atoms with Crippen molar-refractivity contribution in [1.82, 2.24) is 9.99 Å². The SMILES string of the molecule is Cc1ccc(/C(=N/O)N2CCC=N2)c(Oc2cc(Cl)ccc2Cl)n1. The molecule has 0 aliphatic carbocycles. The summed E-state index contributed by atoms with van der Waals surface area (Å²) >= 11 is 12.2. The second kappa shape index (κ2) is 7.07. The Morgan fingerprint density at radius 2 is 2.12 bits per heavy atom. The van der Waals surface area contributed by atoms with Gasteiger partial charge in [0, 0.05) is 36.0 Å². The first kappa shape index (κ1) is 16.5. The van der Waals surface area contributed by atoms with Crippen LogP contribution in [0.25, 0.3) is 0 Å². The van der Waals surface area contributed by atoms with Gasteiger partial charge in [-0.25, -0.2) is 9.99 Å². The highest BCUT2D eigenvalue weighted by molar-refractivity contribution is 6.34. The first-order chi connectivity index (χ1) is 11.6. The number of nitrogens with zero attached hydrogens (tertiary/aromatic N) is 4. The number of halogens is 2. The molecule has 6 nitrogen and oxygen atoms in total.